The van der Waals surface area contributed by atoms with Gasteiger partial charge in [0.05, 0.1) is 11.4 Å². The summed E-state index contributed by atoms with van der Waals surface area (Å²) >= 11 is 0. The maximum absolute atomic E-state index is 9.75. The molecule has 0 aliphatic carbocycles. The second kappa shape index (κ2) is 6.84. The van der Waals surface area contributed by atoms with Crippen LogP contribution < -0.4 is 5.32 Å². The highest BCUT2D eigenvalue weighted by molar-refractivity contribution is 5.70. The molecule has 1 aromatic heterocycles. The smallest absolute Gasteiger partial charge is 0.168 e. The van der Waals surface area contributed by atoms with Gasteiger partial charge in [-0.15, -0.1) is 10.2 Å². The molecule has 1 atom stereocenters. The normalized spacial score (nSPS) is 15.1. The number of nitrogens with one attached hydrogen (secondary N) is 1. The van der Waals surface area contributed by atoms with Gasteiger partial charge in [-0.3, -0.25) is 4.57 Å². The van der Waals surface area contributed by atoms with E-state index < -0.39 is 0 Å². The summed E-state index contributed by atoms with van der Waals surface area (Å²) in [6.45, 7) is 6.78. The largest absolute Gasteiger partial charge is 0.508 e. The van der Waals surface area contributed by atoms with E-state index in [2.05, 4.69) is 22.4 Å². The summed E-state index contributed by atoms with van der Waals surface area (Å²) in [5.74, 6) is 2.06. The first-order valence-corrected chi connectivity index (χ1v) is 8.45. The molecular weight excluding hydrogens is 316 g/mol. The Bertz CT molecular complexity index is 889. The quantitative estimate of drug-likeness (QED) is 0.627. The molecule has 1 aliphatic heterocycles. The summed E-state index contributed by atoms with van der Waals surface area (Å²) in [7, 11) is 0. The van der Waals surface area contributed by atoms with Crippen molar-refractivity contribution in [2.24, 2.45) is 0 Å². The third kappa shape index (κ3) is 3.03. The van der Waals surface area contributed by atoms with Crippen LogP contribution in [0.3, 0.4) is 0 Å². The number of anilines is 1. The zero-order valence-electron chi connectivity index (χ0n) is 14.6. The van der Waals surface area contributed by atoms with Crippen molar-refractivity contribution in [3.63, 3.8) is 0 Å². The molecule has 1 unspecified atom stereocenters. The van der Waals surface area contributed by atoms with Gasteiger partial charge < -0.3 is 15.5 Å². The zero-order chi connectivity index (χ0) is 18.0. The van der Waals surface area contributed by atoms with Crippen LogP contribution in [0.25, 0.3) is 17.1 Å². The Morgan fingerprint density at radius 3 is 2.56 bits per heavy atom. The number of nitrogens with zero attached hydrogens (tertiary/aromatic N) is 3. The summed E-state index contributed by atoms with van der Waals surface area (Å²) in [5.41, 5.74) is 2.50. The average Bonchev–Trinajstić information content (AvgIpc) is 3.01. The molecule has 0 saturated heterocycles. The SMILES string of the molecule is CC.CC1CNc2cc(O)ccc2-n2c(-c3cccc(O)c3)nnc21. The fourth-order valence-corrected chi connectivity index (χ4v) is 2.90. The third-order valence-electron chi connectivity index (χ3n) is 4.05. The molecular formula is C19H22N4O2. The minimum Gasteiger partial charge on any atom is -0.508 e. The molecule has 130 valence electrons. The number of hydrogen-bond donors (Lipinski definition) is 3. The predicted molar refractivity (Wildman–Crippen MR) is 98.4 cm³/mol. The van der Waals surface area contributed by atoms with Gasteiger partial charge in [0.15, 0.2) is 5.82 Å². The topological polar surface area (TPSA) is 83.2 Å². The molecule has 6 nitrogen and oxygen atoms in total. The Labute approximate surface area is 146 Å². The third-order valence-corrected chi connectivity index (χ3v) is 4.05. The van der Waals surface area contributed by atoms with Crippen LogP contribution in [0.1, 0.15) is 32.5 Å². The van der Waals surface area contributed by atoms with Gasteiger partial charge in [-0.2, -0.15) is 0 Å². The fourth-order valence-electron chi connectivity index (χ4n) is 2.90. The Hall–Kier alpha value is -3.02. The average molecular weight is 338 g/mol. The van der Waals surface area contributed by atoms with E-state index in [4.69, 9.17) is 0 Å². The minimum absolute atomic E-state index is 0.156. The van der Waals surface area contributed by atoms with Crippen molar-refractivity contribution in [1.82, 2.24) is 14.8 Å². The van der Waals surface area contributed by atoms with Crippen molar-refractivity contribution in [3.05, 3.63) is 48.3 Å². The molecule has 3 N–H and O–H groups in total. The van der Waals surface area contributed by atoms with Gasteiger partial charge in [0.1, 0.15) is 17.3 Å². The van der Waals surface area contributed by atoms with E-state index in [0.717, 1.165) is 22.8 Å². The summed E-state index contributed by atoms with van der Waals surface area (Å²) in [6, 6.07) is 12.1. The number of phenolic OH excluding ortho intramolecular Hbond substituents is 2. The van der Waals surface area contributed by atoms with E-state index in [1.807, 2.05) is 30.5 Å². The van der Waals surface area contributed by atoms with Crippen LogP contribution in [-0.2, 0) is 0 Å². The monoisotopic (exact) mass is 338 g/mol. The van der Waals surface area contributed by atoms with E-state index in [0.29, 0.717) is 12.4 Å². The van der Waals surface area contributed by atoms with Crippen molar-refractivity contribution in [3.8, 4) is 28.6 Å². The molecule has 2 aromatic carbocycles. The lowest BCUT2D eigenvalue weighted by Crippen LogP contribution is -2.09. The fraction of sp³-hybridized carbons (Fsp3) is 0.263. The Kier molecular flexibility index (Phi) is 4.61. The van der Waals surface area contributed by atoms with Crippen molar-refractivity contribution >= 4 is 5.69 Å². The molecule has 25 heavy (non-hydrogen) atoms. The lowest BCUT2D eigenvalue weighted by Gasteiger charge is -2.12. The highest BCUT2D eigenvalue weighted by atomic mass is 16.3. The van der Waals surface area contributed by atoms with E-state index in [1.165, 1.54) is 0 Å². The van der Waals surface area contributed by atoms with Crippen molar-refractivity contribution in [2.75, 3.05) is 11.9 Å². The van der Waals surface area contributed by atoms with Crippen LogP contribution >= 0.6 is 0 Å². The number of aromatic hydroxyl groups is 2. The lowest BCUT2D eigenvalue weighted by atomic mass is 10.1. The number of fused-ring (bicyclic) bond motifs is 3. The number of phenols is 2. The molecule has 6 heteroatoms. The van der Waals surface area contributed by atoms with Crippen LogP contribution in [-0.4, -0.2) is 31.5 Å². The molecule has 0 amide bonds. The Morgan fingerprint density at radius 1 is 1.04 bits per heavy atom. The van der Waals surface area contributed by atoms with E-state index in [1.54, 1.807) is 30.3 Å². The van der Waals surface area contributed by atoms with Crippen LogP contribution in [0.15, 0.2) is 42.5 Å². The first-order chi connectivity index (χ1) is 12.1. The van der Waals surface area contributed by atoms with Crippen LogP contribution in [0.5, 0.6) is 11.5 Å². The first kappa shape index (κ1) is 16.8. The van der Waals surface area contributed by atoms with Gasteiger partial charge in [-0.1, -0.05) is 32.9 Å². The van der Waals surface area contributed by atoms with E-state index in [-0.39, 0.29) is 17.4 Å². The summed E-state index contributed by atoms with van der Waals surface area (Å²) < 4.78 is 1.98. The van der Waals surface area contributed by atoms with Gasteiger partial charge >= 0.3 is 0 Å². The molecule has 3 aromatic rings. The van der Waals surface area contributed by atoms with Crippen LogP contribution in [0.2, 0.25) is 0 Å². The minimum atomic E-state index is 0.156. The molecule has 0 radical (unpaired) electrons. The standard InChI is InChI=1S/C17H16N4O2.C2H6/c1-10-9-18-14-8-13(23)5-6-15(14)21-16(10)19-20-17(21)11-3-2-4-12(22)7-11;1-2/h2-8,10,18,22-23H,9H2,1H3;1-2H3. The number of aromatic nitrogens is 3. The molecule has 1 aliphatic rings. The predicted octanol–water partition coefficient (Wildman–Crippen LogP) is 3.90. The molecule has 2 heterocycles. The second-order valence-electron chi connectivity index (χ2n) is 5.75. The summed E-state index contributed by atoms with van der Waals surface area (Å²) in [5, 5.41) is 31.5. The van der Waals surface area contributed by atoms with Crippen molar-refractivity contribution < 1.29 is 10.2 Å². The number of benzene rings is 2. The molecule has 4 rings (SSSR count). The van der Waals surface area contributed by atoms with E-state index >= 15 is 0 Å². The van der Waals surface area contributed by atoms with Gasteiger partial charge in [0.25, 0.3) is 0 Å². The van der Waals surface area contributed by atoms with Crippen LogP contribution in [0, 0.1) is 0 Å². The molecule has 0 saturated carbocycles. The zero-order valence-corrected chi connectivity index (χ0v) is 14.6. The molecule has 0 bridgehead atoms. The highest BCUT2D eigenvalue weighted by Crippen LogP contribution is 2.35. The van der Waals surface area contributed by atoms with Gasteiger partial charge in [-0.05, 0) is 24.3 Å². The van der Waals surface area contributed by atoms with Gasteiger partial charge in [-0.25, -0.2) is 0 Å². The first-order valence-electron chi connectivity index (χ1n) is 8.45. The van der Waals surface area contributed by atoms with Gasteiger partial charge in [0, 0.05) is 24.1 Å². The second-order valence-corrected chi connectivity index (χ2v) is 5.75. The number of hydrogen-bond acceptors (Lipinski definition) is 5. The molecule has 0 spiro atoms. The van der Waals surface area contributed by atoms with Crippen molar-refractivity contribution in [2.45, 2.75) is 26.7 Å². The summed E-state index contributed by atoms with van der Waals surface area (Å²) in [6.07, 6.45) is 0. The number of rotatable bonds is 1. The Balaban J connectivity index is 0.000000880. The van der Waals surface area contributed by atoms with Crippen molar-refractivity contribution in [1.29, 1.82) is 0 Å². The maximum Gasteiger partial charge on any atom is 0.168 e. The highest BCUT2D eigenvalue weighted by Gasteiger charge is 2.25. The van der Waals surface area contributed by atoms with Gasteiger partial charge in [0.2, 0.25) is 0 Å². The maximum atomic E-state index is 9.75. The molecule has 0 fully saturated rings. The lowest BCUT2D eigenvalue weighted by molar-refractivity contribution is 0.475. The Morgan fingerprint density at radius 2 is 1.80 bits per heavy atom. The van der Waals surface area contributed by atoms with E-state index in [9.17, 15) is 10.2 Å². The summed E-state index contributed by atoms with van der Waals surface area (Å²) in [4.78, 5) is 0. The van der Waals surface area contributed by atoms with Crippen LogP contribution in [0.4, 0.5) is 5.69 Å².